The van der Waals surface area contributed by atoms with Crippen molar-refractivity contribution in [2.75, 3.05) is 0 Å². The van der Waals surface area contributed by atoms with Crippen molar-refractivity contribution in [3.05, 3.63) is 12.2 Å². The third-order valence-corrected chi connectivity index (χ3v) is 3.57. The van der Waals surface area contributed by atoms with Crippen LogP contribution in [0.2, 0.25) is 0 Å². The maximum atomic E-state index is 2.41. The highest BCUT2D eigenvalue weighted by Crippen LogP contribution is 2.27. The fourth-order valence-corrected chi connectivity index (χ4v) is 2.27. The van der Waals surface area contributed by atoms with Crippen molar-refractivity contribution >= 4 is 0 Å². The molecule has 0 saturated heterocycles. The Balaban J connectivity index is 2.04. The van der Waals surface area contributed by atoms with Gasteiger partial charge in [0, 0.05) is 0 Å². The molecule has 1 fully saturated rings. The summed E-state index contributed by atoms with van der Waals surface area (Å²) in [6, 6.07) is 0. The van der Waals surface area contributed by atoms with Gasteiger partial charge in [-0.2, -0.15) is 0 Å². The standard InChI is InChI=1S/C14H26/c1-3-13(2)9-7-8-12-14-10-5-4-6-11-14/h7,9,13-14H,3-6,8,10-12H2,1-2H3/b9-7+/t13-/m0/s1. The van der Waals surface area contributed by atoms with Crippen molar-refractivity contribution in [1.29, 1.82) is 0 Å². The van der Waals surface area contributed by atoms with Crippen molar-refractivity contribution in [1.82, 2.24) is 0 Å². The first-order valence-corrected chi connectivity index (χ1v) is 6.49. The van der Waals surface area contributed by atoms with Crippen LogP contribution in [0.25, 0.3) is 0 Å². The molecule has 1 atom stereocenters. The monoisotopic (exact) mass is 194 g/mol. The van der Waals surface area contributed by atoms with Gasteiger partial charge in [-0.3, -0.25) is 0 Å². The van der Waals surface area contributed by atoms with E-state index in [-0.39, 0.29) is 0 Å². The molecule has 0 bridgehead atoms. The van der Waals surface area contributed by atoms with Crippen LogP contribution in [0.4, 0.5) is 0 Å². The predicted octanol–water partition coefficient (Wildman–Crippen LogP) is 4.95. The van der Waals surface area contributed by atoms with E-state index in [0.29, 0.717) is 0 Å². The zero-order valence-electron chi connectivity index (χ0n) is 9.97. The van der Waals surface area contributed by atoms with Crippen LogP contribution in [0.3, 0.4) is 0 Å². The van der Waals surface area contributed by atoms with Gasteiger partial charge in [0.25, 0.3) is 0 Å². The Bertz CT molecular complexity index is 151. The normalized spacial score (nSPS) is 21.6. The van der Waals surface area contributed by atoms with Crippen LogP contribution in [0.15, 0.2) is 12.2 Å². The van der Waals surface area contributed by atoms with E-state index in [1.54, 1.807) is 0 Å². The summed E-state index contributed by atoms with van der Waals surface area (Å²) in [5.74, 6) is 1.83. The number of allylic oxidation sites excluding steroid dienone is 2. The molecule has 14 heavy (non-hydrogen) atoms. The molecule has 0 aliphatic heterocycles. The molecule has 0 aromatic rings. The molecule has 0 unspecified atom stereocenters. The first-order chi connectivity index (χ1) is 6.83. The molecule has 1 rings (SSSR count). The molecule has 0 aromatic heterocycles. The molecule has 1 aliphatic carbocycles. The van der Waals surface area contributed by atoms with Crippen LogP contribution in [0.5, 0.6) is 0 Å². The zero-order chi connectivity index (χ0) is 10.2. The fraction of sp³-hybridized carbons (Fsp3) is 0.857. The summed E-state index contributed by atoms with van der Waals surface area (Å²) < 4.78 is 0. The van der Waals surface area contributed by atoms with E-state index in [1.165, 1.54) is 51.4 Å². The quantitative estimate of drug-likeness (QED) is 0.543. The molecule has 0 heterocycles. The fourth-order valence-electron chi connectivity index (χ4n) is 2.27. The second-order valence-corrected chi connectivity index (χ2v) is 4.90. The Morgan fingerprint density at radius 1 is 1.21 bits per heavy atom. The second-order valence-electron chi connectivity index (χ2n) is 4.90. The van der Waals surface area contributed by atoms with Gasteiger partial charge in [0.1, 0.15) is 0 Å². The summed E-state index contributed by atoms with van der Waals surface area (Å²) in [7, 11) is 0. The molecule has 0 aromatic carbocycles. The lowest BCUT2D eigenvalue weighted by Crippen LogP contribution is -2.05. The van der Waals surface area contributed by atoms with Crippen LogP contribution in [-0.2, 0) is 0 Å². The highest BCUT2D eigenvalue weighted by molar-refractivity contribution is 4.86. The molecular weight excluding hydrogens is 168 g/mol. The Morgan fingerprint density at radius 2 is 1.93 bits per heavy atom. The van der Waals surface area contributed by atoms with Gasteiger partial charge in [-0.15, -0.1) is 0 Å². The average molecular weight is 194 g/mol. The van der Waals surface area contributed by atoms with Gasteiger partial charge in [0.2, 0.25) is 0 Å². The summed E-state index contributed by atoms with van der Waals surface area (Å²) in [4.78, 5) is 0. The third kappa shape index (κ3) is 4.83. The first kappa shape index (κ1) is 11.8. The average Bonchev–Trinajstić information content (AvgIpc) is 2.25. The van der Waals surface area contributed by atoms with Crippen molar-refractivity contribution < 1.29 is 0 Å². The molecule has 0 amide bonds. The lowest BCUT2D eigenvalue weighted by atomic mass is 9.86. The highest BCUT2D eigenvalue weighted by atomic mass is 14.2. The van der Waals surface area contributed by atoms with Gasteiger partial charge < -0.3 is 0 Å². The van der Waals surface area contributed by atoms with Crippen LogP contribution < -0.4 is 0 Å². The molecule has 0 heteroatoms. The maximum Gasteiger partial charge on any atom is -0.0265 e. The van der Waals surface area contributed by atoms with E-state index < -0.39 is 0 Å². The van der Waals surface area contributed by atoms with Gasteiger partial charge in [-0.05, 0) is 24.7 Å². The van der Waals surface area contributed by atoms with E-state index in [1.807, 2.05) is 0 Å². The smallest absolute Gasteiger partial charge is 0.0265 e. The van der Waals surface area contributed by atoms with Crippen LogP contribution in [0, 0.1) is 11.8 Å². The van der Waals surface area contributed by atoms with Gasteiger partial charge >= 0.3 is 0 Å². The molecule has 1 aliphatic rings. The van der Waals surface area contributed by atoms with Crippen LogP contribution >= 0.6 is 0 Å². The van der Waals surface area contributed by atoms with Crippen molar-refractivity contribution in [3.8, 4) is 0 Å². The SMILES string of the molecule is CC[C@H](C)/C=C/CCC1CCCCC1. The summed E-state index contributed by atoms with van der Waals surface area (Å²) in [5, 5.41) is 0. The van der Waals surface area contributed by atoms with Gasteiger partial charge in [0.15, 0.2) is 0 Å². The van der Waals surface area contributed by atoms with E-state index in [4.69, 9.17) is 0 Å². The minimum atomic E-state index is 0.779. The van der Waals surface area contributed by atoms with E-state index >= 15 is 0 Å². The summed E-state index contributed by atoms with van der Waals surface area (Å²) in [5.41, 5.74) is 0. The van der Waals surface area contributed by atoms with Gasteiger partial charge in [0.05, 0.1) is 0 Å². The van der Waals surface area contributed by atoms with Crippen molar-refractivity contribution in [2.45, 2.75) is 65.2 Å². The predicted molar refractivity (Wildman–Crippen MR) is 64.4 cm³/mol. The topological polar surface area (TPSA) is 0 Å². The zero-order valence-corrected chi connectivity index (χ0v) is 9.97. The second kappa shape index (κ2) is 7.09. The van der Waals surface area contributed by atoms with Crippen molar-refractivity contribution in [3.63, 3.8) is 0 Å². The number of rotatable bonds is 5. The molecule has 0 nitrogen and oxygen atoms in total. The summed E-state index contributed by atoms with van der Waals surface area (Å²) >= 11 is 0. The number of hydrogen-bond acceptors (Lipinski definition) is 0. The Morgan fingerprint density at radius 3 is 2.57 bits per heavy atom. The van der Waals surface area contributed by atoms with Crippen LogP contribution in [0.1, 0.15) is 65.2 Å². The Kier molecular flexibility index (Phi) is 5.98. The summed E-state index contributed by atoms with van der Waals surface area (Å²) in [6.07, 6.45) is 16.3. The molecule has 0 spiro atoms. The van der Waals surface area contributed by atoms with E-state index in [9.17, 15) is 0 Å². The number of hydrogen-bond donors (Lipinski definition) is 0. The summed E-state index contributed by atoms with van der Waals surface area (Å²) in [6.45, 7) is 4.56. The lowest BCUT2D eigenvalue weighted by Gasteiger charge is -2.20. The van der Waals surface area contributed by atoms with Gasteiger partial charge in [-0.1, -0.05) is 64.5 Å². The van der Waals surface area contributed by atoms with Gasteiger partial charge in [-0.25, -0.2) is 0 Å². The maximum absolute atomic E-state index is 2.41. The molecular formula is C14H26. The minimum Gasteiger partial charge on any atom is -0.0883 e. The highest BCUT2D eigenvalue weighted by Gasteiger charge is 2.11. The Hall–Kier alpha value is -0.260. The van der Waals surface area contributed by atoms with Crippen LogP contribution in [-0.4, -0.2) is 0 Å². The molecule has 0 N–H and O–H groups in total. The lowest BCUT2D eigenvalue weighted by molar-refractivity contribution is 0.341. The molecule has 1 saturated carbocycles. The largest absolute Gasteiger partial charge is 0.0883 e. The minimum absolute atomic E-state index is 0.779. The van der Waals surface area contributed by atoms with Crippen molar-refractivity contribution in [2.24, 2.45) is 11.8 Å². The van der Waals surface area contributed by atoms with E-state index in [2.05, 4.69) is 26.0 Å². The van der Waals surface area contributed by atoms with E-state index in [0.717, 1.165) is 11.8 Å². The molecule has 82 valence electrons. The third-order valence-electron chi connectivity index (χ3n) is 3.57. The Labute approximate surface area is 89.8 Å². The first-order valence-electron chi connectivity index (χ1n) is 6.49. The molecule has 0 radical (unpaired) electrons.